The van der Waals surface area contributed by atoms with E-state index in [1.54, 1.807) is 0 Å². The van der Waals surface area contributed by atoms with Crippen LogP contribution in [0.3, 0.4) is 0 Å². The van der Waals surface area contributed by atoms with Gasteiger partial charge in [-0.25, -0.2) is 0 Å². The summed E-state index contributed by atoms with van der Waals surface area (Å²) >= 11 is 4.87. The molecular formula is C10H14BrNOS. The first-order chi connectivity index (χ1) is 6.70. The maximum Gasteiger partial charge on any atom is 0.265 e. The standard InChI is InChI=1S/C10H14BrNOS/c1-3-6-12(4-2)10(13)9-8(11)5-7-14-9/h5,7H,3-4,6H2,1-2H3. The van der Waals surface area contributed by atoms with E-state index in [9.17, 15) is 4.79 Å². The second-order valence-corrected chi connectivity index (χ2v) is 4.75. The number of thiophene rings is 1. The Bertz CT molecular complexity index is 311. The number of carbonyl (C=O) groups excluding carboxylic acids is 1. The minimum Gasteiger partial charge on any atom is -0.338 e. The van der Waals surface area contributed by atoms with Crippen molar-refractivity contribution in [3.63, 3.8) is 0 Å². The van der Waals surface area contributed by atoms with Gasteiger partial charge < -0.3 is 4.90 Å². The molecule has 4 heteroatoms. The van der Waals surface area contributed by atoms with Crippen molar-refractivity contribution in [2.24, 2.45) is 0 Å². The number of amides is 1. The van der Waals surface area contributed by atoms with E-state index in [1.165, 1.54) is 11.3 Å². The Labute approximate surface area is 97.1 Å². The molecule has 0 aliphatic rings. The molecule has 1 rings (SSSR count). The molecule has 0 spiro atoms. The second-order valence-electron chi connectivity index (χ2n) is 2.98. The van der Waals surface area contributed by atoms with Crippen molar-refractivity contribution in [1.82, 2.24) is 4.90 Å². The van der Waals surface area contributed by atoms with Crippen LogP contribution < -0.4 is 0 Å². The molecule has 1 aromatic heterocycles. The van der Waals surface area contributed by atoms with Crippen LogP contribution in [0.5, 0.6) is 0 Å². The Balaban J connectivity index is 2.78. The minimum absolute atomic E-state index is 0.135. The second kappa shape index (κ2) is 5.51. The van der Waals surface area contributed by atoms with Crippen LogP contribution in [0.4, 0.5) is 0 Å². The van der Waals surface area contributed by atoms with Gasteiger partial charge in [0.1, 0.15) is 4.88 Å². The molecule has 0 aliphatic carbocycles. The molecule has 0 saturated carbocycles. The minimum atomic E-state index is 0.135. The maximum atomic E-state index is 12.0. The Kier molecular flexibility index (Phi) is 4.62. The van der Waals surface area contributed by atoms with E-state index < -0.39 is 0 Å². The van der Waals surface area contributed by atoms with Gasteiger partial charge >= 0.3 is 0 Å². The molecule has 0 unspecified atom stereocenters. The van der Waals surface area contributed by atoms with Gasteiger partial charge in [-0.3, -0.25) is 4.79 Å². The topological polar surface area (TPSA) is 20.3 Å². The van der Waals surface area contributed by atoms with Gasteiger partial charge in [0, 0.05) is 17.6 Å². The van der Waals surface area contributed by atoms with Crippen LogP contribution in [-0.4, -0.2) is 23.9 Å². The maximum absolute atomic E-state index is 12.0. The summed E-state index contributed by atoms with van der Waals surface area (Å²) < 4.78 is 0.905. The molecule has 1 heterocycles. The van der Waals surface area contributed by atoms with Crippen LogP contribution in [0.1, 0.15) is 29.9 Å². The van der Waals surface area contributed by atoms with Gasteiger partial charge in [-0.05, 0) is 40.7 Å². The van der Waals surface area contributed by atoms with Gasteiger partial charge in [0.2, 0.25) is 0 Å². The van der Waals surface area contributed by atoms with Crippen molar-refractivity contribution in [3.05, 3.63) is 20.8 Å². The zero-order valence-corrected chi connectivity index (χ0v) is 10.8. The highest BCUT2D eigenvalue weighted by atomic mass is 79.9. The summed E-state index contributed by atoms with van der Waals surface area (Å²) in [7, 11) is 0. The highest BCUT2D eigenvalue weighted by Crippen LogP contribution is 2.24. The fourth-order valence-electron chi connectivity index (χ4n) is 1.26. The SMILES string of the molecule is CCCN(CC)C(=O)c1sccc1Br. The van der Waals surface area contributed by atoms with Gasteiger partial charge in [-0.2, -0.15) is 0 Å². The predicted molar refractivity (Wildman–Crippen MR) is 63.9 cm³/mol. The molecular weight excluding hydrogens is 262 g/mol. The van der Waals surface area contributed by atoms with Crippen molar-refractivity contribution >= 4 is 33.2 Å². The molecule has 0 aromatic carbocycles. The molecule has 0 fully saturated rings. The van der Waals surface area contributed by atoms with E-state index in [0.29, 0.717) is 0 Å². The lowest BCUT2D eigenvalue weighted by atomic mass is 10.3. The monoisotopic (exact) mass is 275 g/mol. The third-order valence-electron chi connectivity index (χ3n) is 1.97. The quantitative estimate of drug-likeness (QED) is 0.825. The number of hydrogen-bond acceptors (Lipinski definition) is 2. The molecule has 0 aliphatic heterocycles. The van der Waals surface area contributed by atoms with Crippen LogP contribution in [-0.2, 0) is 0 Å². The van der Waals surface area contributed by atoms with Crippen LogP contribution in [0.2, 0.25) is 0 Å². The van der Waals surface area contributed by atoms with E-state index in [2.05, 4.69) is 22.9 Å². The van der Waals surface area contributed by atoms with Gasteiger partial charge in [0.05, 0.1) is 0 Å². The summed E-state index contributed by atoms with van der Waals surface area (Å²) in [4.78, 5) is 14.6. The molecule has 0 atom stereocenters. The van der Waals surface area contributed by atoms with Crippen LogP contribution in [0.25, 0.3) is 0 Å². The van der Waals surface area contributed by atoms with Gasteiger partial charge in [-0.1, -0.05) is 6.92 Å². The lowest BCUT2D eigenvalue weighted by Gasteiger charge is -2.19. The molecule has 0 bridgehead atoms. The fourth-order valence-corrected chi connectivity index (χ4v) is 2.77. The van der Waals surface area contributed by atoms with E-state index in [4.69, 9.17) is 0 Å². The summed E-state index contributed by atoms with van der Waals surface area (Å²) in [5.41, 5.74) is 0. The Morgan fingerprint density at radius 3 is 2.71 bits per heavy atom. The average molecular weight is 276 g/mol. The number of nitrogens with zero attached hydrogens (tertiary/aromatic N) is 1. The summed E-state index contributed by atoms with van der Waals surface area (Å²) in [6, 6.07) is 1.91. The molecule has 78 valence electrons. The predicted octanol–water partition coefficient (Wildman–Crippen LogP) is 3.38. The smallest absolute Gasteiger partial charge is 0.265 e. The number of hydrogen-bond donors (Lipinski definition) is 0. The number of carbonyl (C=O) groups is 1. The van der Waals surface area contributed by atoms with Gasteiger partial charge in [-0.15, -0.1) is 11.3 Å². The number of halogens is 1. The first kappa shape index (κ1) is 11.7. The molecule has 0 radical (unpaired) electrons. The largest absolute Gasteiger partial charge is 0.338 e. The molecule has 0 saturated heterocycles. The highest BCUT2D eigenvalue weighted by Gasteiger charge is 2.16. The van der Waals surface area contributed by atoms with Crippen LogP contribution in [0.15, 0.2) is 15.9 Å². The van der Waals surface area contributed by atoms with E-state index in [1.807, 2.05) is 23.3 Å². The summed E-state index contributed by atoms with van der Waals surface area (Å²) in [6.45, 7) is 5.70. The van der Waals surface area contributed by atoms with Crippen molar-refractivity contribution < 1.29 is 4.79 Å². The van der Waals surface area contributed by atoms with Crippen LogP contribution in [0, 0.1) is 0 Å². The van der Waals surface area contributed by atoms with Gasteiger partial charge in [0.15, 0.2) is 0 Å². The fraction of sp³-hybridized carbons (Fsp3) is 0.500. The molecule has 1 amide bonds. The van der Waals surface area contributed by atoms with E-state index in [0.717, 1.165) is 28.9 Å². The van der Waals surface area contributed by atoms with Crippen molar-refractivity contribution in [2.75, 3.05) is 13.1 Å². The first-order valence-corrected chi connectivity index (χ1v) is 6.40. The molecule has 14 heavy (non-hydrogen) atoms. The zero-order chi connectivity index (χ0) is 10.6. The van der Waals surface area contributed by atoms with E-state index >= 15 is 0 Å². The Morgan fingerprint density at radius 1 is 1.57 bits per heavy atom. The zero-order valence-electron chi connectivity index (χ0n) is 8.42. The van der Waals surface area contributed by atoms with Crippen molar-refractivity contribution in [1.29, 1.82) is 0 Å². The van der Waals surface area contributed by atoms with Crippen molar-refractivity contribution in [2.45, 2.75) is 20.3 Å². The average Bonchev–Trinajstić information content (AvgIpc) is 2.59. The molecule has 1 aromatic rings. The van der Waals surface area contributed by atoms with Crippen molar-refractivity contribution in [3.8, 4) is 0 Å². The Morgan fingerprint density at radius 2 is 2.29 bits per heavy atom. The van der Waals surface area contributed by atoms with Crippen LogP contribution >= 0.6 is 27.3 Å². The lowest BCUT2D eigenvalue weighted by Crippen LogP contribution is -2.31. The third kappa shape index (κ3) is 2.58. The first-order valence-electron chi connectivity index (χ1n) is 4.73. The molecule has 0 N–H and O–H groups in total. The summed E-state index contributed by atoms with van der Waals surface area (Å²) in [6.07, 6.45) is 1.00. The summed E-state index contributed by atoms with van der Waals surface area (Å²) in [5.74, 6) is 0.135. The lowest BCUT2D eigenvalue weighted by molar-refractivity contribution is 0.0768. The van der Waals surface area contributed by atoms with E-state index in [-0.39, 0.29) is 5.91 Å². The molecule has 2 nitrogen and oxygen atoms in total. The third-order valence-corrected chi connectivity index (χ3v) is 3.80. The Hall–Kier alpha value is -0.350. The summed E-state index contributed by atoms with van der Waals surface area (Å²) in [5, 5.41) is 1.93. The van der Waals surface area contributed by atoms with Gasteiger partial charge in [0.25, 0.3) is 5.91 Å². The highest BCUT2D eigenvalue weighted by molar-refractivity contribution is 9.10. The number of rotatable bonds is 4. The normalized spacial score (nSPS) is 10.2.